The van der Waals surface area contributed by atoms with Crippen molar-refractivity contribution in [3.8, 4) is 0 Å². The third kappa shape index (κ3) is 7.28. The molecule has 0 aromatic heterocycles. The Hall–Kier alpha value is -0.830. The van der Waals surface area contributed by atoms with Crippen molar-refractivity contribution in [3.05, 3.63) is 12.2 Å². The number of allylic oxidation sites excluding steroid dienone is 1. The number of unbranched alkanes of at least 4 members (excludes halogenated alkanes) is 2. The topological polar surface area (TPSA) is 38.3 Å². The average Bonchev–Trinajstić information content (AvgIpc) is 2.10. The third-order valence-corrected chi connectivity index (χ3v) is 1.50. The van der Waals surface area contributed by atoms with Gasteiger partial charge in [-0.1, -0.05) is 6.08 Å². The number of nitrogens with one attached hydrogen (secondary N) is 1. The molecule has 0 radical (unpaired) electrons. The summed E-state index contributed by atoms with van der Waals surface area (Å²) in [7, 11) is 3.32. The van der Waals surface area contributed by atoms with Crippen LogP contribution in [0, 0.1) is 0 Å². The number of carbonyl (C=O) groups excluding carboxylic acids is 1. The van der Waals surface area contributed by atoms with Gasteiger partial charge in [-0.05, 0) is 32.9 Å². The first kappa shape index (κ1) is 11.2. The van der Waals surface area contributed by atoms with Crippen LogP contribution < -0.4 is 5.32 Å². The minimum Gasteiger partial charge on any atom is -0.466 e. The maximum absolute atomic E-state index is 10.6. The van der Waals surface area contributed by atoms with Crippen molar-refractivity contribution in [2.45, 2.75) is 19.3 Å². The van der Waals surface area contributed by atoms with Gasteiger partial charge >= 0.3 is 5.97 Å². The Kier molecular flexibility index (Phi) is 7.70. The molecule has 0 aliphatic rings. The molecule has 70 valence electrons. The lowest BCUT2D eigenvalue weighted by Gasteiger charge is -1.95. The Morgan fingerprint density at radius 2 is 2.25 bits per heavy atom. The van der Waals surface area contributed by atoms with Crippen LogP contribution in [0.2, 0.25) is 0 Å². The van der Waals surface area contributed by atoms with Crippen molar-refractivity contribution >= 4 is 5.97 Å². The van der Waals surface area contributed by atoms with Gasteiger partial charge < -0.3 is 10.1 Å². The van der Waals surface area contributed by atoms with Crippen LogP contribution in [0.4, 0.5) is 0 Å². The van der Waals surface area contributed by atoms with Crippen molar-refractivity contribution in [3.63, 3.8) is 0 Å². The van der Waals surface area contributed by atoms with Crippen LogP contribution in [-0.2, 0) is 9.53 Å². The highest BCUT2D eigenvalue weighted by molar-refractivity contribution is 5.81. The van der Waals surface area contributed by atoms with E-state index in [9.17, 15) is 4.79 Å². The Morgan fingerprint density at radius 3 is 2.83 bits per heavy atom. The van der Waals surface area contributed by atoms with Gasteiger partial charge in [0.2, 0.25) is 0 Å². The van der Waals surface area contributed by atoms with Gasteiger partial charge in [-0.3, -0.25) is 0 Å². The second-order valence-corrected chi connectivity index (χ2v) is 2.52. The summed E-state index contributed by atoms with van der Waals surface area (Å²) >= 11 is 0. The first-order valence-corrected chi connectivity index (χ1v) is 4.20. The molecule has 0 rings (SSSR count). The number of ether oxygens (including phenoxy) is 1. The van der Waals surface area contributed by atoms with Crippen molar-refractivity contribution in [1.82, 2.24) is 5.32 Å². The summed E-state index contributed by atoms with van der Waals surface area (Å²) in [5.41, 5.74) is 0. The molecule has 0 saturated carbocycles. The van der Waals surface area contributed by atoms with Gasteiger partial charge in [-0.15, -0.1) is 0 Å². The molecule has 12 heavy (non-hydrogen) atoms. The van der Waals surface area contributed by atoms with E-state index < -0.39 is 0 Å². The van der Waals surface area contributed by atoms with Gasteiger partial charge in [-0.2, -0.15) is 0 Å². The fourth-order valence-corrected chi connectivity index (χ4v) is 0.812. The number of methoxy groups -OCH3 is 1. The molecule has 0 bridgehead atoms. The molecule has 1 N–H and O–H groups in total. The van der Waals surface area contributed by atoms with Crippen LogP contribution in [0.15, 0.2) is 12.2 Å². The average molecular weight is 171 g/mol. The van der Waals surface area contributed by atoms with E-state index in [4.69, 9.17) is 0 Å². The van der Waals surface area contributed by atoms with E-state index in [2.05, 4.69) is 10.1 Å². The highest BCUT2D eigenvalue weighted by atomic mass is 16.5. The summed E-state index contributed by atoms with van der Waals surface area (Å²) in [5, 5.41) is 3.06. The van der Waals surface area contributed by atoms with E-state index in [0.717, 1.165) is 25.8 Å². The molecule has 0 aliphatic heterocycles. The first-order valence-electron chi connectivity index (χ1n) is 4.20. The number of esters is 1. The summed E-state index contributed by atoms with van der Waals surface area (Å²) < 4.78 is 4.44. The Balaban J connectivity index is 3.18. The monoisotopic (exact) mass is 171 g/mol. The maximum Gasteiger partial charge on any atom is 0.330 e. The van der Waals surface area contributed by atoms with E-state index in [1.54, 1.807) is 0 Å². The maximum atomic E-state index is 10.6. The smallest absolute Gasteiger partial charge is 0.330 e. The molecule has 0 heterocycles. The zero-order chi connectivity index (χ0) is 9.23. The largest absolute Gasteiger partial charge is 0.466 e. The predicted molar refractivity (Wildman–Crippen MR) is 48.9 cm³/mol. The summed E-state index contributed by atoms with van der Waals surface area (Å²) in [5.74, 6) is -0.274. The van der Waals surface area contributed by atoms with Crippen LogP contribution in [0.1, 0.15) is 19.3 Å². The second kappa shape index (κ2) is 8.27. The Morgan fingerprint density at radius 1 is 1.50 bits per heavy atom. The van der Waals surface area contributed by atoms with Crippen LogP contribution >= 0.6 is 0 Å². The molecule has 0 unspecified atom stereocenters. The van der Waals surface area contributed by atoms with E-state index in [1.165, 1.54) is 13.2 Å². The predicted octanol–water partition coefficient (Wildman–Crippen LogP) is 1.11. The summed E-state index contributed by atoms with van der Waals surface area (Å²) in [4.78, 5) is 10.6. The highest BCUT2D eigenvalue weighted by Crippen LogP contribution is 1.95. The Bertz CT molecular complexity index is 143. The van der Waals surface area contributed by atoms with Crippen molar-refractivity contribution in [1.29, 1.82) is 0 Å². The summed E-state index contributed by atoms with van der Waals surface area (Å²) in [6.45, 7) is 1.03. The lowest BCUT2D eigenvalue weighted by Crippen LogP contribution is -2.06. The summed E-state index contributed by atoms with van der Waals surface area (Å²) in [6.07, 6.45) is 6.51. The molecule has 0 aromatic rings. The molecule has 0 saturated heterocycles. The van der Waals surface area contributed by atoms with Gasteiger partial charge in [0.05, 0.1) is 7.11 Å². The molecular formula is C9H17NO2. The quantitative estimate of drug-likeness (QED) is 0.369. The third-order valence-electron chi connectivity index (χ3n) is 1.50. The molecule has 3 heteroatoms. The molecule has 0 atom stereocenters. The molecule has 3 nitrogen and oxygen atoms in total. The van der Waals surface area contributed by atoms with Gasteiger partial charge in [-0.25, -0.2) is 4.79 Å². The zero-order valence-electron chi connectivity index (χ0n) is 7.80. The number of hydrogen-bond donors (Lipinski definition) is 1. The van der Waals surface area contributed by atoms with E-state index in [0.29, 0.717) is 0 Å². The van der Waals surface area contributed by atoms with E-state index in [-0.39, 0.29) is 5.97 Å². The minimum atomic E-state index is -0.274. The molecule has 0 amide bonds. The molecule has 0 fully saturated rings. The SMILES string of the molecule is CNCCCCC=CC(=O)OC. The van der Waals surface area contributed by atoms with Crippen molar-refractivity contribution in [2.24, 2.45) is 0 Å². The Labute approximate surface area is 73.8 Å². The lowest BCUT2D eigenvalue weighted by molar-refractivity contribution is -0.134. The number of rotatable bonds is 6. The van der Waals surface area contributed by atoms with E-state index in [1.807, 2.05) is 13.1 Å². The standard InChI is InChI=1S/C9H17NO2/c1-10-8-6-4-3-5-7-9(11)12-2/h5,7,10H,3-4,6,8H2,1-2H3. The first-order chi connectivity index (χ1) is 5.81. The van der Waals surface area contributed by atoms with E-state index >= 15 is 0 Å². The van der Waals surface area contributed by atoms with Gasteiger partial charge in [0.15, 0.2) is 0 Å². The molecule has 0 aromatic carbocycles. The fraction of sp³-hybridized carbons (Fsp3) is 0.667. The van der Waals surface area contributed by atoms with Crippen LogP contribution in [0.3, 0.4) is 0 Å². The normalized spacial score (nSPS) is 10.5. The van der Waals surface area contributed by atoms with Gasteiger partial charge in [0.25, 0.3) is 0 Å². The molecule has 0 spiro atoms. The fourth-order valence-electron chi connectivity index (χ4n) is 0.812. The highest BCUT2D eigenvalue weighted by Gasteiger charge is 1.89. The second-order valence-electron chi connectivity index (χ2n) is 2.52. The van der Waals surface area contributed by atoms with Crippen molar-refractivity contribution in [2.75, 3.05) is 20.7 Å². The summed E-state index contributed by atoms with van der Waals surface area (Å²) in [6, 6.07) is 0. The minimum absolute atomic E-state index is 0.274. The van der Waals surface area contributed by atoms with Crippen LogP contribution in [0.5, 0.6) is 0 Å². The van der Waals surface area contributed by atoms with Gasteiger partial charge in [0.1, 0.15) is 0 Å². The van der Waals surface area contributed by atoms with Crippen LogP contribution in [0.25, 0.3) is 0 Å². The molecular weight excluding hydrogens is 154 g/mol. The van der Waals surface area contributed by atoms with Gasteiger partial charge in [0, 0.05) is 6.08 Å². The molecule has 0 aliphatic carbocycles. The lowest BCUT2D eigenvalue weighted by atomic mass is 10.2. The number of hydrogen-bond acceptors (Lipinski definition) is 3. The zero-order valence-corrected chi connectivity index (χ0v) is 7.80. The number of carbonyl (C=O) groups is 1. The van der Waals surface area contributed by atoms with Crippen LogP contribution in [-0.4, -0.2) is 26.7 Å². The van der Waals surface area contributed by atoms with Crippen molar-refractivity contribution < 1.29 is 9.53 Å².